The maximum atomic E-state index is 12.6. The van der Waals surface area contributed by atoms with Crippen LogP contribution in [0.1, 0.15) is 40.2 Å². The molecule has 0 unspecified atom stereocenters. The van der Waals surface area contributed by atoms with Crippen molar-refractivity contribution in [3.05, 3.63) is 52.8 Å². The minimum Gasteiger partial charge on any atom is -0.485 e. The Labute approximate surface area is 147 Å². The summed E-state index contributed by atoms with van der Waals surface area (Å²) < 4.78 is 13.4. The van der Waals surface area contributed by atoms with Crippen LogP contribution in [0.4, 0.5) is 0 Å². The summed E-state index contributed by atoms with van der Waals surface area (Å²) in [4.78, 5) is 12.6. The Morgan fingerprint density at radius 3 is 2.96 bits per heavy atom. The van der Waals surface area contributed by atoms with Gasteiger partial charge in [-0.05, 0) is 51.0 Å². The topological polar surface area (TPSA) is 64.2 Å². The van der Waals surface area contributed by atoms with Crippen molar-refractivity contribution in [1.29, 1.82) is 5.26 Å². The van der Waals surface area contributed by atoms with Crippen LogP contribution in [0.5, 0.6) is 5.75 Å². The number of nitriles is 1. The van der Waals surface area contributed by atoms with E-state index in [1.807, 2.05) is 19.9 Å². The van der Waals surface area contributed by atoms with Gasteiger partial charge in [0.1, 0.15) is 5.75 Å². The standard InChI is InChI=1S/C20H22N2O3/c1-14-9-19(15(2)22(14)12-18-7-4-8-24-18)20(23)13-25-17-6-3-5-16(10-17)11-21/h3,5-6,9-10,18H,4,7-8,12-13H2,1-2H3/t18-/m0/s1. The Hall–Kier alpha value is -2.58. The molecule has 0 aliphatic carbocycles. The zero-order chi connectivity index (χ0) is 17.8. The molecule has 5 heteroatoms. The second kappa shape index (κ2) is 7.54. The van der Waals surface area contributed by atoms with Crippen LogP contribution in [-0.2, 0) is 11.3 Å². The molecular weight excluding hydrogens is 316 g/mol. The molecule has 5 nitrogen and oxygen atoms in total. The van der Waals surface area contributed by atoms with Crippen molar-refractivity contribution in [1.82, 2.24) is 4.57 Å². The third kappa shape index (κ3) is 3.92. The molecule has 3 rings (SSSR count). The van der Waals surface area contributed by atoms with Gasteiger partial charge in [-0.1, -0.05) is 6.07 Å². The summed E-state index contributed by atoms with van der Waals surface area (Å²) in [5.74, 6) is 0.467. The predicted molar refractivity (Wildman–Crippen MR) is 93.9 cm³/mol. The van der Waals surface area contributed by atoms with E-state index in [4.69, 9.17) is 14.7 Å². The number of hydrogen-bond donors (Lipinski definition) is 0. The molecule has 0 spiro atoms. The van der Waals surface area contributed by atoms with E-state index in [1.54, 1.807) is 24.3 Å². The first-order valence-electron chi connectivity index (χ1n) is 8.53. The van der Waals surface area contributed by atoms with Crippen LogP contribution in [0.2, 0.25) is 0 Å². The molecule has 0 radical (unpaired) electrons. The zero-order valence-electron chi connectivity index (χ0n) is 14.6. The Kier molecular flexibility index (Phi) is 5.20. The minimum atomic E-state index is -0.0611. The maximum absolute atomic E-state index is 12.6. The molecule has 1 saturated heterocycles. The first-order chi connectivity index (χ1) is 12.1. The van der Waals surface area contributed by atoms with Crippen LogP contribution in [-0.4, -0.2) is 29.7 Å². The molecule has 0 N–H and O–H groups in total. The van der Waals surface area contributed by atoms with Gasteiger partial charge < -0.3 is 14.0 Å². The van der Waals surface area contributed by atoms with Gasteiger partial charge in [-0.15, -0.1) is 0 Å². The molecule has 1 aliphatic heterocycles. The number of Topliss-reactive ketones (excluding diaryl/α,β-unsaturated/α-hetero) is 1. The quantitative estimate of drug-likeness (QED) is 0.757. The predicted octanol–water partition coefficient (Wildman–Crippen LogP) is 3.42. The Bertz CT molecular complexity index is 811. The molecule has 130 valence electrons. The third-order valence-electron chi connectivity index (χ3n) is 4.62. The van der Waals surface area contributed by atoms with E-state index >= 15 is 0 Å². The van der Waals surface area contributed by atoms with Gasteiger partial charge in [-0.25, -0.2) is 0 Å². The largest absolute Gasteiger partial charge is 0.485 e. The van der Waals surface area contributed by atoms with E-state index in [-0.39, 0.29) is 18.5 Å². The van der Waals surface area contributed by atoms with Crippen molar-refractivity contribution >= 4 is 5.78 Å². The summed E-state index contributed by atoms with van der Waals surface area (Å²) >= 11 is 0. The smallest absolute Gasteiger partial charge is 0.202 e. The fraction of sp³-hybridized carbons (Fsp3) is 0.400. The van der Waals surface area contributed by atoms with Crippen LogP contribution < -0.4 is 4.74 Å². The number of ketones is 1. The highest BCUT2D eigenvalue weighted by Gasteiger charge is 2.21. The number of rotatable bonds is 6. The van der Waals surface area contributed by atoms with Crippen molar-refractivity contribution in [3.8, 4) is 11.8 Å². The number of carbonyl (C=O) groups excluding carboxylic acids is 1. The molecule has 1 fully saturated rings. The first-order valence-corrected chi connectivity index (χ1v) is 8.53. The van der Waals surface area contributed by atoms with Crippen LogP contribution in [0, 0.1) is 25.2 Å². The molecule has 2 heterocycles. The van der Waals surface area contributed by atoms with Gasteiger partial charge in [0.25, 0.3) is 0 Å². The van der Waals surface area contributed by atoms with E-state index < -0.39 is 0 Å². The van der Waals surface area contributed by atoms with Gasteiger partial charge in [0, 0.05) is 30.1 Å². The summed E-state index contributed by atoms with van der Waals surface area (Å²) in [6.45, 7) is 5.54. The molecule has 0 bridgehead atoms. The highest BCUT2D eigenvalue weighted by Crippen LogP contribution is 2.21. The molecule has 1 aliphatic rings. The van der Waals surface area contributed by atoms with Gasteiger partial charge in [-0.3, -0.25) is 4.79 Å². The van der Waals surface area contributed by atoms with Crippen LogP contribution in [0.25, 0.3) is 0 Å². The number of nitrogens with zero attached hydrogens (tertiary/aromatic N) is 2. The van der Waals surface area contributed by atoms with Crippen LogP contribution in [0.3, 0.4) is 0 Å². The normalized spacial score (nSPS) is 16.6. The summed E-state index contributed by atoms with van der Waals surface area (Å²) in [5.41, 5.74) is 3.21. The lowest BCUT2D eigenvalue weighted by molar-refractivity contribution is 0.0914. The van der Waals surface area contributed by atoms with Gasteiger partial charge in [0.05, 0.1) is 17.7 Å². The average Bonchev–Trinajstić information content (AvgIpc) is 3.23. The van der Waals surface area contributed by atoms with E-state index in [9.17, 15) is 4.79 Å². The summed E-state index contributed by atoms with van der Waals surface area (Å²) in [6, 6.07) is 10.8. The highest BCUT2D eigenvalue weighted by molar-refractivity contribution is 5.98. The molecule has 1 aromatic heterocycles. The average molecular weight is 338 g/mol. The number of ether oxygens (including phenoxy) is 2. The molecule has 1 aromatic carbocycles. The number of carbonyl (C=O) groups is 1. The van der Waals surface area contributed by atoms with Crippen molar-refractivity contribution in [3.63, 3.8) is 0 Å². The molecule has 25 heavy (non-hydrogen) atoms. The van der Waals surface area contributed by atoms with Gasteiger partial charge in [0.15, 0.2) is 6.61 Å². The number of hydrogen-bond acceptors (Lipinski definition) is 4. The number of aromatic nitrogens is 1. The third-order valence-corrected chi connectivity index (χ3v) is 4.62. The fourth-order valence-electron chi connectivity index (χ4n) is 3.24. The lowest BCUT2D eigenvalue weighted by Crippen LogP contribution is -2.18. The molecular formula is C20H22N2O3. The van der Waals surface area contributed by atoms with Crippen molar-refractivity contribution in [2.75, 3.05) is 13.2 Å². The van der Waals surface area contributed by atoms with Gasteiger partial charge in [0.2, 0.25) is 5.78 Å². The lowest BCUT2D eigenvalue weighted by atomic mass is 10.1. The second-order valence-electron chi connectivity index (χ2n) is 6.38. The highest BCUT2D eigenvalue weighted by atomic mass is 16.5. The van der Waals surface area contributed by atoms with E-state index in [0.29, 0.717) is 16.9 Å². The van der Waals surface area contributed by atoms with E-state index in [1.165, 1.54) is 0 Å². The molecule has 2 aromatic rings. The SMILES string of the molecule is Cc1cc(C(=O)COc2cccc(C#N)c2)c(C)n1C[C@@H]1CCCO1. The lowest BCUT2D eigenvalue weighted by Gasteiger charge is -2.14. The zero-order valence-corrected chi connectivity index (χ0v) is 14.6. The summed E-state index contributed by atoms with van der Waals surface area (Å²) in [5, 5.41) is 8.92. The summed E-state index contributed by atoms with van der Waals surface area (Å²) in [7, 11) is 0. The van der Waals surface area contributed by atoms with Gasteiger partial charge in [-0.2, -0.15) is 5.26 Å². The van der Waals surface area contributed by atoms with Crippen LogP contribution in [0.15, 0.2) is 30.3 Å². The first kappa shape index (κ1) is 17.2. The van der Waals surface area contributed by atoms with Crippen molar-refractivity contribution in [2.24, 2.45) is 0 Å². The number of benzene rings is 1. The monoisotopic (exact) mass is 338 g/mol. The van der Waals surface area contributed by atoms with Crippen LogP contribution >= 0.6 is 0 Å². The van der Waals surface area contributed by atoms with Crippen molar-refractivity contribution < 1.29 is 14.3 Å². The Morgan fingerprint density at radius 2 is 2.24 bits per heavy atom. The molecule has 0 saturated carbocycles. The Morgan fingerprint density at radius 1 is 1.40 bits per heavy atom. The Balaban J connectivity index is 1.68. The second-order valence-corrected chi connectivity index (χ2v) is 6.38. The fourth-order valence-corrected chi connectivity index (χ4v) is 3.24. The number of aryl methyl sites for hydroxylation is 1. The summed E-state index contributed by atoms with van der Waals surface area (Å²) in [6.07, 6.45) is 2.40. The minimum absolute atomic E-state index is 0.0426. The van der Waals surface area contributed by atoms with Gasteiger partial charge >= 0.3 is 0 Å². The van der Waals surface area contributed by atoms with E-state index in [2.05, 4.69) is 10.6 Å². The van der Waals surface area contributed by atoms with Crippen molar-refractivity contribution in [2.45, 2.75) is 39.3 Å². The van der Waals surface area contributed by atoms with E-state index in [0.717, 1.165) is 37.4 Å². The molecule has 0 amide bonds. The molecule has 1 atom stereocenters. The maximum Gasteiger partial charge on any atom is 0.202 e.